The summed E-state index contributed by atoms with van der Waals surface area (Å²) in [6.07, 6.45) is 0. The number of aromatic nitrogens is 12. The third-order valence-corrected chi connectivity index (χ3v) is 28.6. The van der Waals surface area contributed by atoms with E-state index in [1.54, 1.807) is 0 Å². The van der Waals surface area contributed by atoms with Crippen molar-refractivity contribution in [3.8, 4) is 108 Å². The smallest absolute Gasteiger partial charge is 0.238 e. The molecule has 9 heterocycles. The molecule has 606 valence electrons. The third-order valence-electron chi connectivity index (χ3n) is 25.2. The van der Waals surface area contributed by atoms with Gasteiger partial charge in [0.05, 0.1) is 33.1 Å². The first-order chi connectivity index (χ1) is 63.7. The molecule has 12 nitrogen and oxygen atoms in total. The molecule has 0 unspecified atom stereocenters. The first-order valence-electron chi connectivity index (χ1n) is 43.1. The lowest BCUT2D eigenvalue weighted by Crippen LogP contribution is -2.15. The van der Waals surface area contributed by atoms with E-state index in [1.807, 2.05) is 137 Å². The van der Waals surface area contributed by atoms with E-state index in [9.17, 15) is 0 Å². The van der Waals surface area contributed by atoms with Crippen LogP contribution in [0, 0.1) is 0 Å². The summed E-state index contributed by atoms with van der Waals surface area (Å²) in [5, 5.41) is 14.6. The highest BCUT2D eigenvalue weighted by Gasteiger charge is 2.36. The van der Waals surface area contributed by atoms with Crippen molar-refractivity contribution in [2.45, 2.75) is 19.3 Å². The van der Waals surface area contributed by atoms with Crippen LogP contribution in [0.15, 0.2) is 400 Å². The minimum Gasteiger partial charge on any atom is -0.277 e. The highest BCUT2D eigenvalue weighted by Crippen LogP contribution is 2.52. The van der Waals surface area contributed by atoms with Crippen LogP contribution in [0.5, 0.6) is 0 Å². The molecule has 0 amide bonds. The van der Waals surface area contributed by atoms with Gasteiger partial charge in [0.25, 0.3) is 0 Å². The van der Waals surface area contributed by atoms with E-state index in [4.69, 9.17) is 44.9 Å². The average molecular weight is 1710 g/mol. The predicted molar refractivity (Wildman–Crippen MR) is 537 cm³/mol. The van der Waals surface area contributed by atoms with Crippen molar-refractivity contribution < 1.29 is 0 Å². The standard InChI is InChI=1S/C42H28N4S.C39H24N4S.C33H20N4S/c1-42(2)32-17-9-6-14-27(32)28-21-20-26(24-33(28)42)40-43-39(25-12-4-3-5-13-25)44-41(45-40)46-34-18-10-7-15-29(34)30-22-23-36-37(38(30)46)31-16-8-11-19-35(31)47-36;1-3-11-25(12-4-1)26-19-21-28(22-20-26)38-40-37(27-13-5-2-6-14-27)41-39(42-38)43-32-17-9-7-15-29(32)30-23-24-34-35(36(30)43)31-16-8-10-18-33(31)44-34;1-3-11-21(12-4-1)31-34-32(22-13-5-2-6-14-22)36-33(35-31)37-26-17-9-7-15-23(26)24-19-20-28-29(30(24)37)25-16-8-10-18-27(25)38-28/h3-24H,1-2H3;1-24H;1-20H. The number of nitrogens with zero attached hydrogens (tertiary/aromatic N) is 12. The zero-order valence-electron chi connectivity index (χ0n) is 69.7. The minimum atomic E-state index is -0.126. The molecule has 129 heavy (non-hydrogen) atoms. The number of thiophene rings is 3. The lowest BCUT2D eigenvalue weighted by atomic mass is 9.82. The van der Waals surface area contributed by atoms with Crippen molar-refractivity contribution in [1.82, 2.24) is 58.6 Å². The second kappa shape index (κ2) is 30.6. The fourth-order valence-corrected chi connectivity index (χ4v) is 22.5. The van der Waals surface area contributed by atoms with Crippen LogP contribution >= 0.6 is 34.0 Å². The maximum Gasteiger partial charge on any atom is 0.238 e. The highest BCUT2D eigenvalue weighted by molar-refractivity contribution is 7.26. The maximum absolute atomic E-state index is 5.31. The molecule has 27 rings (SSSR count). The molecule has 26 aromatic rings. The molecule has 15 heteroatoms. The van der Waals surface area contributed by atoms with Gasteiger partial charge in [-0.1, -0.05) is 354 Å². The molecule has 0 atom stereocenters. The molecular formula is C114H72N12S3. The van der Waals surface area contributed by atoms with E-state index in [1.165, 1.54) is 121 Å². The quantitative estimate of drug-likeness (QED) is 0.131. The second-order valence-corrected chi connectivity index (χ2v) is 36.3. The van der Waals surface area contributed by atoms with Crippen LogP contribution in [-0.2, 0) is 5.41 Å². The number of fused-ring (bicyclic) bond motifs is 24. The second-order valence-electron chi connectivity index (χ2n) is 33.0. The Bertz CT molecular complexity index is 8910. The number of rotatable bonds is 10. The molecule has 0 spiro atoms. The lowest BCUT2D eigenvalue weighted by Gasteiger charge is -2.21. The predicted octanol–water partition coefficient (Wildman–Crippen LogP) is 30.0. The Morgan fingerprint density at radius 1 is 0.194 bits per heavy atom. The Morgan fingerprint density at radius 2 is 0.457 bits per heavy atom. The van der Waals surface area contributed by atoms with Gasteiger partial charge in [0.2, 0.25) is 17.8 Å². The van der Waals surface area contributed by atoms with Gasteiger partial charge in [0, 0.05) is 132 Å². The zero-order valence-corrected chi connectivity index (χ0v) is 72.1. The van der Waals surface area contributed by atoms with Crippen LogP contribution in [0.4, 0.5) is 0 Å². The highest BCUT2D eigenvalue weighted by atomic mass is 32.1. The van der Waals surface area contributed by atoms with Gasteiger partial charge in [-0.05, 0) is 94.0 Å². The largest absolute Gasteiger partial charge is 0.277 e. The lowest BCUT2D eigenvalue weighted by molar-refractivity contribution is 0.660. The van der Waals surface area contributed by atoms with Crippen LogP contribution < -0.4 is 0 Å². The van der Waals surface area contributed by atoms with E-state index >= 15 is 0 Å². The first-order valence-corrected chi connectivity index (χ1v) is 45.6. The number of para-hydroxylation sites is 3. The summed E-state index contributed by atoms with van der Waals surface area (Å²) in [6.45, 7) is 4.62. The van der Waals surface area contributed by atoms with Crippen molar-refractivity contribution in [3.63, 3.8) is 0 Å². The molecule has 0 aliphatic heterocycles. The van der Waals surface area contributed by atoms with Crippen LogP contribution in [0.3, 0.4) is 0 Å². The molecule has 0 saturated carbocycles. The van der Waals surface area contributed by atoms with Crippen LogP contribution in [-0.4, -0.2) is 58.6 Å². The van der Waals surface area contributed by atoms with Crippen LogP contribution in [0.1, 0.15) is 25.0 Å². The summed E-state index contributed by atoms with van der Waals surface area (Å²) in [6, 6.07) is 140. The van der Waals surface area contributed by atoms with Crippen molar-refractivity contribution in [1.29, 1.82) is 0 Å². The van der Waals surface area contributed by atoms with Gasteiger partial charge in [-0.15, -0.1) is 34.0 Å². The third kappa shape index (κ3) is 12.6. The molecular weight excluding hydrogens is 1630 g/mol. The zero-order chi connectivity index (χ0) is 85.4. The fraction of sp³-hybridized carbons (Fsp3) is 0.0263. The van der Waals surface area contributed by atoms with Gasteiger partial charge in [0.15, 0.2) is 34.9 Å². The Morgan fingerprint density at radius 3 is 0.822 bits per heavy atom. The minimum absolute atomic E-state index is 0.126. The van der Waals surface area contributed by atoms with Crippen molar-refractivity contribution in [3.05, 3.63) is 412 Å². The maximum atomic E-state index is 5.31. The summed E-state index contributed by atoms with van der Waals surface area (Å²) in [4.78, 5) is 46.1. The number of hydrogen-bond donors (Lipinski definition) is 0. The molecule has 0 N–H and O–H groups in total. The Hall–Kier alpha value is -16.2. The van der Waals surface area contributed by atoms with Gasteiger partial charge in [-0.25, -0.2) is 15.0 Å². The number of benzene rings is 17. The average Bonchev–Trinajstić information content (AvgIpc) is 1.56. The SMILES string of the molecule is CC1(C)c2ccccc2-c2ccc(-c3nc(-c4ccccc4)nc(-n4c5ccccc5c5ccc6sc7ccccc7c6c54)n3)cc21.c1ccc(-c2ccc(-c3nc(-c4ccccc4)nc(-n4c5ccccc5c5ccc6sc7ccccc7c6c54)n3)cc2)cc1.c1ccc(-c2nc(-c3ccccc3)nc(-n3c4ccccc4c4ccc5sc6ccccc6c5c43)n2)cc1. The summed E-state index contributed by atoms with van der Waals surface area (Å²) >= 11 is 5.48. The first kappa shape index (κ1) is 75.4. The summed E-state index contributed by atoms with van der Waals surface area (Å²) < 4.78 is 14.3. The van der Waals surface area contributed by atoms with Gasteiger partial charge < -0.3 is 0 Å². The molecule has 0 bridgehead atoms. The summed E-state index contributed by atoms with van der Waals surface area (Å²) in [7, 11) is 0. The van der Waals surface area contributed by atoms with E-state index in [2.05, 4.69) is 325 Å². The van der Waals surface area contributed by atoms with Crippen LogP contribution in [0.25, 0.3) is 234 Å². The van der Waals surface area contributed by atoms with E-state index in [-0.39, 0.29) is 5.41 Å². The van der Waals surface area contributed by atoms with Gasteiger partial charge >= 0.3 is 0 Å². The van der Waals surface area contributed by atoms with Crippen molar-refractivity contribution in [2.24, 2.45) is 0 Å². The Balaban J connectivity index is 0.000000105. The Labute approximate surface area is 752 Å². The van der Waals surface area contributed by atoms with Crippen molar-refractivity contribution in [2.75, 3.05) is 0 Å². The number of hydrogen-bond acceptors (Lipinski definition) is 12. The van der Waals surface area contributed by atoms with Crippen molar-refractivity contribution >= 4 is 160 Å². The molecule has 0 fully saturated rings. The normalized spacial score (nSPS) is 12.3. The molecule has 1 aliphatic rings. The summed E-state index contributed by atoms with van der Waals surface area (Å²) in [5.41, 5.74) is 19.8. The monoisotopic (exact) mass is 1700 g/mol. The van der Waals surface area contributed by atoms with E-state index < -0.39 is 0 Å². The summed E-state index contributed by atoms with van der Waals surface area (Å²) in [5.74, 6) is 5.75. The van der Waals surface area contributed by atoms with Gasteiger partial charge in [-0.2, -0.15) is 29.9 Å². The van der Waals surface area contributed by atoms with E-state index in [0.717, 1.165) is 72.0 Å². The topological polar surface area (TPSA) is 131 Å². The molecule has 0 radical (unpaired) electrons. The fourth-order valence-electron chi connectivity index (χ4n) is 19.2. The molecule has 9 aromatic heterocycles. The molecule has 0 saturated heterocycles. The van der Waals surface area contributed by atoms with E-state index in [0.29, 0.717) is 52.8 Å². The van der Waals surface area contributed by atoms with Gasteiger partial charge in [0.1, 0.15) is 0 Å². The Kier molecular flexibility index (Phi) is 17.9. The molecule has 17 aromatic carbocycles. The van der Waals surface area contributed by atoms with Crippen LogP contribution in [0.2, 0.25) is 0 Å². The van der Waals surface area contributed by atoms with Gasteiger partial charge in [-0.3, -0.25) is 13.7 Å². The molecule has 1 aliphatic carbocycles.